The average molecular weight is 536 g/mol. The zero-order valence-corrected chi connectivity index (χ0v) is 21.7. The lowest BCUT2D eigenvalue weighted by molar-refractivity contribution is -0.134. The fourth-order valence-electron chi connectivity index (χ4n) is 3.89. The molecular weight excluding hydrogens is 507 g/mol. The van der Waals surface area contributed by atoms with Gasteiger partial charge in [0.15, 0.2) is 5.82 Å². The molecule has 0 aliphatic heterocycles. The van der Waals surface area contributed by atoms with Gasteiger partial charge in [-0.15, -0.1) is 5.10 Å². The van der Waals surface area contributed by atoms with Gasteiger partial charge in [-0.05, 0) is 54.2 Å². The molecule has 0 fully saturated rings. The van der Waals surface area contributed by atoms with Crippen molar-refractivity contribution in [3.63, 3.8) is 0 Å². The first-order valence-corrected chi connectivity index (χ1v) is 12.4. The molecule has 1 amide bonds. The largest absolute Gasteiger partial charge is 0.437 e. The highest BCUT2D eigenvalue weighted by Crippen LogP contribution is 2.24. The highest BCUT2D eigenvalue weighted by atomic mass is 19.4. The number of amides is 1. The van der Waals surface area contributed by atoms with E-state index in [0.717, 1.165) is 16.7 Å². The third-order valence-electron chi connectivity index (χ3n) is 6.04. The van der Waals surface area contributed by atoms with Crippen LogP contribution in [0.1, 0.15) is 49.8 Å². The minimum Gasteiger partial charge on any atom is -0.298 e. The molecule has 0 aliphatic rings. The minimum absolute atomic E-state index is 0.0662. The molecule has 0 atom stereocenters. The van der Waals surface area contributed by atoms with Gasteiger partial charge in [0.2, 0.25) is 0 Å². The van der Waals surface area contributed by atoms with Gasteiger partial charge >= 0.3 is 12.3 Å². The van der Waals surface area contributed by atoms with E-state index in [1.54, 1.807) is 42.2 Å². The molecule has 1 heterocycles. The molecule has 0 unspecified atom stereocenters. The van der Waals surface area contributed by atoms with E-state index in [0.29, 0.717) is 28.5 Å². The number of hydrogen-bond acceptors (Lipinski definition) is 5. The van der Waals surface area contributed by atoms with Crippen LogP contribution < -0.4 is 5.32 Å². The number of carbonyl (C=O) groups excluding carboxylic acids is 1. The number of rotatable bonds is 8. The summed E-state index contributed by atoms with van der Waals surface area (Å²) < 4.78 is 38.9. The van der Waals surface area contributed by atoms with Gasteiger partial charge in [0.25, 0.3) is 0 Å². The van der Waals surface area contributed by atoms with Gasteiger partial charge in [0.1, 0.15) is 6.33 Å². The first-order chi connectivity index (χ1) is 18.6. The summed E-state index contributed by atoms with van der Waals surface area (Å²) in [5.74, 6) is 0.722. The average Bonchev–Trinajstić information content (AvgIpc) is 3.41. The van der Waals surface area contributed by atoms with E-state index in [9.17, 15) is 18.0 Å². The lowest BCUT2D eigenvalue weighted by Gasteiger charge is -2.12. The zero-order valence-electron chi connectivity index (χ0n) is 21.7. The van der Waals surface area contributed by atoms with Gasteiger partial charge in [-0.2, -0.15) is 13.2 Å². The molecule has 4 rings (SSSR count). The molecule has 0 spiro atoms. The Morgan fingerprint density at radius 3 is 2.38 bits per heavy atom. The van der Waals surface area contributed by atoms with Gasteiger partial charge in [-0.25, -0.2) is 14.5 Å². The molecule has 0 bridgehead atoms. The molecule has 4 aromatic rings. The second kappa shape index (κ2) is 11.9. The first kappa shape index (κ1) is 27.6. The van der Waals surface area contributed by atoms with Gasteiger partial charge in [0.05, 0.1) is 11.4 Å². The van der Waals surface area contributed by atoms with Gasteiger partial charge in [-0.1, -0.05) is 73.6 Å². The molecule has 1 N–H and O–H groups in total. The third kappa shape index (κ3) is 7.53. The van der Waals surface area contributed by atoms with Crippen molar-refractivity contribution in [3.8, 4) is 17.1 Å². The van der Waals surface area contributed by atoms with Crippen LogP contribution in [-0.2, 0) is 11.3 Å². The van der Waals surface area contributed by atoms with E-state index >= 15 is 0 Å². The Hall–Kier alpha value is -4.47. The maximum Gasteiger partial charge on any atom is 0.437 e. The van der Waals surface area contributed by atoms with E-state index in [1.807, 2.05) is 62.4 Å². The van der Waals surface area contributed by atoms with Gasteiger partial charge in [0, 0.05) is 17.7 Å². The molecule has 39 heavy (non-hydrogen) atoms. The van der Waals surface area contributed by atoms with E-state index < -0.39 is 18.7 Å². The number of alkyl halides is 3. The Morgan fingerprint density at radius 1 is 1.03 bits per heavy atom. The second-order valence-electron chi connectivity index (χ2n) is 9.29. The van der Waals surface area contributed by atoms with Crippen LogP contribution in [0.3, 0.4) is 0 Å². The summed E-state index contributed by atoms with van der Waals surface area (Å²) in [7, 11) is 0. The summed E-state index contributed by atoms with van der Waals surface area (Å²) in [4.78, 5) is 21.7. The predicted molar refractivity (Wildman–Crippen MR) is 144 cm³/mol. The Morgan fingerprint density at radius 2 is 1.72 bits per heavy atom. The number of halogens is 3. The normalized spacial score (nSPS) is 12.0. The number of carbonyl (C=O) groups is 1. The molecule has 3 aromatic carbocycles. The summed E-state index contributed by atoms with van der Waals surface area (Å²) in [6.45, 7) is 5.82. The Balaban J connectivity index is 1.37. The van der Waals surface area contributed by atoms with Crippen LogP contribution >= 0.6 is 0 Å². The quantitative estimate of drug-likeness (QED) is 0.144. The van der Waals surface area contributed by atoms with Crippen molar-refractivity contribution in [2.45, 2.75) is 45.7 Å². The molecule has 0 saturated carbocycles. The maximum absolute atomic E-state index is 12.4. The number of para-hydroxylation sites is 1. The molecule has 202 valence electrons. The number of hydrogen-bond donors (Lipinski definition) is 1. The van der Waals surface area contributed by atoms with E-state index in [1.165, 1.54) is 0 Å². The Bertz CT molecular complexity index is 1440. The molecular formula is C29H28F3N5O2. The van der Waals surface area contributed by atoms with Crippen LogP contribution in [0.2, 0.25) is 0 Å². The third-order valence-corrected chi connectivity index (χ3v) is 6.04. The van der Waals surface area contributed by atoms with Crippen LogP contribution in [0.4, 0.5) is 23.7 Å². The Kier molecular flexibility index (Phi) is 8.43. The van der Waals surface area contributed by atoms with Crippen LogP contribution in [0.5, 0.6) is 0 Å². The van der Waals surface area contributed by atoms with Gasteiger partial charge < -0.3 is 0 Å². The maximum atomic E-state index is 12.4. The van der Waals surface area contributed by atoms with Crippen LogP contribution in [0, 0.1) is 0 Å². The standard InChI is InChI=1S/C29H28F3N5O2/c1-19(2)25-6-4-5-7-26(25)34-28(38)39-36-20(3)22-10-12-23(13-11-22)27-33-18-37(35-27)24-14-8-21(9-15-24)16-17-29(30,31)32/h4-15,18-19H,16-17H2,1-3H3,(H,34,38)/b36-20+. The van der Waals surface area contributed by atoms with Crippen LogP contribution in [-0.4, -0.2) is 32.7 Å². The number of oxime groups is 1. The monoisotopic (exact) mass is 535 g/mol. The summed E-state index contributed by atoms with van der Waals surface area (Å²) in [6.07, 6.45) is -4.23. The molecule has 1 aromatic heterocycles. The number of aryl methyl sites for hydroxylation is 1. The summed E-state index contributed by atoms with van der Waals surface area (Å²) in [6, 6.07) is 21.6. The fourth-order valence-corrected chi connectivity index (χ4v) is 3.89. The van der Waals surface area contributed by atoms with E-state index in [2.05, 4.69) is 20.6 Å². The fraction of sp³-hybridized carbons (Fsp3) is 0.241. The number of benzene rings is 3. The lowest BCUT2D eigenvalue weighted by Crippen LogP contribution is -2.13. The van der Waals surface area contributed by atoms with Gasteiger partial charge in [-0.3, -0.25) is 10.2 Å². The SMILES string of the molecule is C/C(=N\OC(=O)Nc1ccccc1C(C)C)c1ccc(-c2ncn(-c3ccc(CCC(F)(F)F)cc3)n2)cc1. The number of aromatic nitrogens is 3. The van der Waals surface area contributed by atoms with Crippen molar-refractivity contribution < 1.29 is 22.8 Å². The highest BCUT2D eigenvalue weighted by molar-refractivity contribution is 5.99. The lowest BCUT2D eigenvalue weighted by atomic mass is 10.0. The summed E-state index contributed by atoms with van der Waals surface area (Å²) >= 11 is 0. The Labute approximate surface area is 224 Å². The molecule has 7 nitrogen and oxygen atoms in total. The van der Waals surface area contributed by atoms with Crippen molar-refractivity contribution in [1.29, 1.82) is 0 Å². The van der Waals surface area contributed by atoms with Crippen LogP contribution in [0.25, 0.3) is 17.1 Å². The van der Waals surface area contributed by atoms with E-state index in [-0.39, 0.29) is 12.3 Å². The topological polar surface area (TPSA) is 81.4 Å². The molecule has 10 heteroatoms. The summed E-state index contributed by atoms with van der Waals surface area (Å²) in [5, 5.41) is 11.2. The number of nitrogens with zero attached hydrogens (tertiary/aromatic N) is 4. The second-order valence-corrected chi connectivity index (χ2v) is 9.29. The van der Waals surface area contributed by atoms with Crippen molar-refractivity contribution in [1.82, 2.24) is 14.8 Å². The molecule has 0 saturated heterocycles. The summed E-state index contributed by atoms with van der Waals surface area (Å²) in [5.41, 5.74) is 5.00. The van der Waals surface area contributed by atoms with Crippen LogP contribution in [0.15, 0.2) is 84.3 Å². The number of nitrogens with one attached hydrogen (secondary N) is 1. The van der Waals surface area contributed by atoms with Crippen molar-refractivity contribution in [3.05, 3.63) is 95.8 Å². The minimum atomic E-state index is -4.18. The van der Waals surface area contributed by atoms with Crippen molar-refractivity contribution in [2.75, 3.05) is 5.32 Å². The van der Waals surface area contributed by atoms with Crippen molar-refractivity contribution in [2.24, 2.45) is 5.16 Å². The molecule has 0 radical (unpaired) electrons. The molecule has 0 aliphatic carbocycles. The number of anilines is 1. The highest BCUT2D eigenvalue weighted by Gasteiger charge is 2.26. The smallest absolute Gasteiger partial charge is 0.298 e. The van der Waals surface area contributed by atoms with E-state index in [4.69, 9.17) is 4.84 Å². The first-order valence-electron chi connectivity index (χ1n) is 12.4. The predicted octanol–water partition coefficient (Wildman–Crippen LogP) is 7.53. The zero-order chi connectivity index (χ0) is 28.0. The van der Waals surface area contributed by atoms with Crippen molar-refractivity contribution >= 4 is 17.5 Å².